The largest absolute Gasteiger partial charge is 0.369 e. The average molecular weight is 276 g/mol. The molecule has 3 N–H and O–H groups in total. The minimum absolute atomic E-state index is 0.0951. The Bertz CT molecular complexity index is 474. The molecular weight excluding hydrogens is 248 g/mol. The van der Waals surface area contributed by atoms with E-state index in [0.717, 1.165) is 6.42 Å². The Balaban J connectivity index is 2.37. The van der Waals surface area contributed by atoms with E-state index >= 15 is 0 Å². The fourth-order valence-corrected chi connectivity index (χ4v) is 3.76. The fraction of sp³-hybridized carbons (Fsp3) is 0.647. The second-order valence-corrected chi connectivity index (χ2v) is 7.34. The molecule has 3 heteroatoms. The van der Waals surface area contributed by atoms with E-state index in [1.807, 2.05) is 0 Å². The summed E-state index contributed by atoms with van der Waals surface area (Å²) in [6.07, 6.45) is 1.00. The highest BCUT2D eigenvalue weighted by molar-refractivity contribution is 5.31. The van der Waals surface area contributed by atoms with Crippen molar-refractivity contribution in [3.63, 3.8) is 0 Å². The third-order valence-corrected chi connectivity index (χ3v) is 4.33. The van der Waals surface area contributed by atoms with E-state index in [1.54, 1.807) is 0 Å². The maximum atomic E-state index is 6.22. The van der Waals surface area contributed by atoms with Crippen molar-refractivity contribution in [3.8, 4) is 0 Å². The molecule has 1 aliphatic heterocycles. The minimum atomic E-state index is -0.182. The lowest BCUT2D eigenvalue weighted by molar-refractivity contribution is -0.0779. The summed E-state index contributed by atoms with van der Waals surface area (Å²) in [5, 5.41) is 0. The lowest BCUT2D eigenvalue weighted by atomic mass is 9.78. The summed E-state index contributed by atoms with van der Waals surface area (Å²) in [7, 11) is 0. The Hall–Kier alpha value is -0.900. The highest BCUT2D eigenvalue weighted by Crippen LogP contribution is 2.47. The second-order valence-electron chi connectivity index (χ2n) is 7.34. The molecule has 1 aromatic carbocycles. The molecule has 0 aromatic heterocycles. The third-order valence-electron chi connectivity index (χ3n) is 4.33. The van der Waals surface area contributed by atoms with Crippen LogP contribution in [0.15, 0.2) is 18.2 Å². The quantitative estimate of drug-likeness (QED) is 0.657. The third kappa shape index (κ3) is 3.05. The zero-order chi connectivity index (χ0) is 15.1. The summed E-state index contributed by atoms with van der Waals surface area (Å²) in [4.78, 5) is 0. The smallest absolute Gasteiger partial charge is 0.0681 e. The number of hydrogen-bond acceptors (Lipinski definition) is 3. The van der Waals surface area contributed by atoms with Crippen LogP contribution in [0.3, 0.4) is 0 Å². The first kappa shape index (κ1) is 15.5. The summed E-state index contributed by atoms with van der Waals surface area (Å²) in [6.45, 7) is 12.9. The number of ether oxygens (including phenoxy) is 1. The molecule has 0 aliphatic carbocycles. The second kappa shape index (κ2) is 5.14. The van der Waals surface area contributed by atoms with Gasteiger partial charge < -0.3 is 4.74 Å². The number of nitrogens with one attached hydrogen (secondary N) is 1. The molecule has 1 saturated heterocycles. The highest BCUT2D eigenvalue weighted by atomic mass is 16.5. The van der Waals surface area contributed by atoms with Gasteiger partial charge in [0.1, 0.15) is 0 Å². The number of nitrogens with two attached hydrogens (primary N) is 1. The van der Waals surface area contributed by atoms with Crippen molar-refractivity contribution in [1.82, 2.24) is 5.43 Å². The standard InChI is InChI=1S/C17H28N2O/c1-11-7-12(2)9-13(8-11)15(19-18)14-10-16(3,4)20-17(14,5)6/h7-9,14-15,19H,10,18H2,1-6H3. The molecule has 1 fully saturated rings. The molecule has 0 spiro atoms. The number of rotatable bonds is 3. The summed E-state index contributed by atoms with van der Waals surface area (Å²) >= 11 is 0. The van der Waals surface area contributed by atoms with Crippen LogP contribution in [-0.2, 0) is 4.74 Å². The first-order chi connectivity index (χ1) is 9.14. The van der Waals surface area contributed by atoms with E-state index in [2.05, 4.69) is 65.2 Å². The molecule has 112 valence electrons. The van der Waals surface area contributed by atoms with Crippen LogP contribution in [0.4, 0.5) is 0 Å². The van der Waals surface area contributed by atoms with E-state index in [9.17, 15) is 0 Å². The van der Waals surface area contributed by atoms with Gasteiger partial charge in [0, 0.05) is 5.92 Å². The van der Waals surface area contributed by atoms with Crippen molar-refractivity contribution < 1.29 is 4.74 Å². The van der Waals surface area contributed by atoms with E-state index in [-0.39, 0.29) is 17.2 Å². The van der Waals surface area contributed by atoms with E-state index < -0.39 is 0 Å². The lowest BCUT2D eigenvalue weighted by Crippen LogP contribution is -2.41. The van der Waals surface area contributed by atoms with Crippen molar-refractivity contribution >= 4 is 0 Å². The van der Waals surface area contributed by atoms with Crippen molar-refractivity contribution in [1.29, 1.82) is 0 Å². The number of hydrazine groups is 1. The maximum absolute atomic E-state index is 6.22. The van der Waals surface area contributed by atoms with Crippen LogP contribution in [0.5, 0.6) is 0 Å². The van der Waals surface area contributed by atoms with Crippen LogP contribution in [0.1, 0.15) is 56.8 Å². The Morgan fingerprint density at radius 3 is 2.10 bits per heavy atom. The summed E-state index contributed by atoms with van der Waals surface area (Å²) in [5.74, 6) is 6.24. The zero-order valence-corrected chi connectivity index (χ0v) is 13.6. The molecule has 20 heavy (non-hydrogen) atoms. The van der Waals surface area contributed by atoms with Crippen LogP contribution in [0, 0.1) is 19.8 Å². The van der Waals surface area contributed by atoms with Gasteiger partial charge in [-0.3, -0.25) is 11.3 Å². The molecule has 2 atom stereocenters. The van der Waals surface area contributed by atoms with Gasteiger partial charge in [-0.05, 0) is 53.5 Å². The van der Waals surface area contributed by atoms with Gasteiger partial charge in [0.2, 0.25) is 0 Å². The highest BCUT2D eigenvalue weighted by Gasteiger charge is 2.49. The van der Waals surface area contributed by atoms with Gasteiger partial charge in [-0.15, -0.1) is 0 Å². The Morgan fingerprint density at radius 1 is 1.15 bits per heavy atom. The van der Waals surface area contributed by atoms with Crippen LogP contribution in [0.25, 0.3) is 0 Å². The lowest BCUT2D eigenvalue weighted by Gasteiger charge is -2.33. The number of benzene rings is 1. The molecule has 1 aliphatic rings. The topological polar surface area (TPSA) is 47.3 Å². The van der Waals surface area contributed by atoms with Crippen LogP contribution in [0.2, 0.25) is 0 Å². The first-order valence-electron chi connectivity index (χ1n) is 7.39. The monoisotopic (exact) mass is 276 g/mol. The minimum Gasteiger partial charge on any atom is -0.369 e. The molecule has 0 saturated carbocycles. The van der Waals surface area contributed by atoms with Gasteiger partial charge in [0.05, 0.1) is 17.2 Å². The van der Waals surface area contributed by atoms with Gasteiger partial charge in [0.15, 0.2) is 0 Å². The fourth-order valence-electron chi connectivity index (χ4n) is 3.76. The molecular formula is C17H28N2O. The summed E-state index contributed by atoms with van der Waals surface area (Å²) in [6, 6.07) is 6.75. The SMILES string of the molecule is Cc1cc(C)cc(C(NN)C2CC(C)(C)OC2(C)C)c1. The number of hydrogen-bond donors (Lipinski definition) is 2. The van der Waals surface area contributed by atoms with Crippen LogP contribution in [-0.4, -0.2) is 11.2 Å². The van der Waals surface area contributed by atoms with Crippen molar-refractivity contribution in [3.05, 3.63) is 34.9 Å². The maximum Gasteiger partial charge on any atom is 0.0681 e. The molecule has 3 nitrogen and oxygen atoms in total. The molecule has 2 unspecified atom stereocenters. The van der Waals surface area contributed by atoms with Crippen molar-refractivity contribution in [2.45, 2.75) is 65.2 Å². The molecule has 0 radical (unpaired) electrons. The molecule has 1 heterocycles. The molecule has 0 amide bonds. The predicted molar refractivity (Wildman–Crippen MR) is 83.3 cm³/mol. The van der Waals surface area contributed by atoms with Crippen LogP contribution < -0.4 is 11.3 Å². The zero-order valence-electron chi connectivity index (χ0n) is 13.6. The van der Waals surface area contributed by atoms with E-state index in [4.69, 9.17) is 10.6 Å². The first-order valence-corrected chi connectivity index (χ1v) is 7.39. The van der Waals surface area contributed by atoms with Crippen molar-refractivity contribution in [2.24, 2.45) is 11.8 Å². The number of aryl methyl sites for hydroxylation is 2. The van der Waals surface area contributed by atoms with Gasteiger partial charge in [-0.1, -0.05) is 29.3 Å². The van der Waals surface area contributed by atoms with Gasteiger partial charge >= 0.3 is 0 Å². The summed E-state index contributed by atoms with van der Waals surface area (Å²) in [5.41, 5.74) is 6.55. The normalized spacial score (nSPS) is 25.6. The van der Waals surface area contributed by atoms with E-state index in [1.165, 1.54) is 16.7 Å². The average Bonchev–Trinajstić information content (AvgIpc) is 2.46. The Morgan fingerprint density at radius 2 is 1.70 bits per heavy atom. The predicted octanol–water partition coefficient (Wildman–Crippen LogP) is 3.40. The molecule has 0 bridgehead atoms. The van der Waals surface area contributed by atoms with E-state index in [0.29, 0.717) is 5.92 Å². The molecule has 2 rings (SSSR count). The Labute approximate surface area is 122 Å². The van der Waals surface area contributed by atoms with Crippen LogP contribution >= 0.6 is 0 Å². The van der Waals surface area contributed by atoms with Crippen molar-refractivity contribution in [2.75, 3.05) is 0 Å². The van der Waals surface area contributed by atoms with Gasteiger partial charge in [-0.25, -0.2) is 0 Å². The summed E-state index contributed by atoms with van der Waals surface area (Å²) < 4.78 is 6.22. The Kier molecular flexibility index (Phi) is 3.98. The van der Waals surface area contributed by atoms with Gasteiger partial charge in [0.25, 0.3) is 0 Å². The molecule has 1 aromatic rings. The van der Waals surface area contributed by atoms with Gasteiger partial charge in [-0.2, -0.15) is 0 Å².